The molecule has 0 aliphatic heterocycles. The maximum atomic E-state index is 11.3. The summed E-state index contributed by atoms with van der Waals surface area (Å²) in [6, 6.07) is 8.13. The summed E-state index contributed by atoms with van der Waals surface area (Å²) in [5, 5.41) is 0. The van der Waals surface area contributed by atoms with Crippen LogP contribution in [0.3, 0.4) is 0 Å². The van der Waals surface area contributed by atoms with E-state index in [-0.39, 0.29) is 11.9 Å². The molecule has 0 aliphatic rings. The number of hydrogen-bond acceptors (Lipinski definition) is 2. The Morgan fingerprint density at radius 3 is 1.93 bits per heavy atom. The molecular weight excluding hydrogens is 188 g/mol. The highest BCUT2D eigenvalue weighted by Crippen LogP contribution is 2.20. The standard InChI is InChI=1S/C13H18O2/c1-9(2)11-5-7-12(8-6-11)10(3)13(14)15-4/h5-10H,1-4H3. The van der Waals surface area contributed by atoms with Crippen LogP contribution in [-0.4, -0.2) is 13.1 Å². The lowest BCUT2D eigenvalue weighted by Gasteiger charge is -2.11. The summed E-state index contributed by atoms with van der Waals surface area (Å²) < 4.78 is 4.71. The molecule has 0 saturated carbocycles. The molecule has 2 heteroatoms. The van der Waals surface area contributed by atoms with E-state index in [1.807, 2.05) is 19.1 Å². The van der Waals surface area contributed by atoms with Crippen molar-refractivity contribution >= 4 is 5.97 Å². The van der Waals surface area contributed by atoms with Gasteiger partial charge in [-0.2, -0.15) is 0 Å². The van der Waals surface area contributed by atoms with E-state index in [2.05, 4.69) is 26.0 Å². The highest BCUT2D eigenvalue weighted by Gasteiger charge is 2.15. The van der Waals surface area contributed by atoms with Crippen LogP contribution >= 0.6 is 0 Å². The molecule has 0 N–H and O–H groups in total. The Bertz CT molecular complexity index is 325. The molecule has 0 saturated heterocycles. The number of benzene rings is 1. The van der Waals surface area contributed by atoms with Crippen molar-refractivity contribution < 1.29 is 9.53 Å². The van der Waals surface area contributed by atoms with Gasteiger partial charge < -0.3 is 4.74 Å². The molecule has 0 spiro atoms. The topological polar surface area (TPSA) is 26.3 Å². The molecule has 2 nitrogen and oxygen atoms in total. The quantitative estimate of drug-likeness (QED) is 0.710. The van der Waals surface area contributed by atoms with Crippen LogP contribution in [0.4, 0.5) is 0 Å². The predicted molar refractivity (Wildman–Crippen MR) is 61.0 cm³/mol. The number of rotatable bonds is 3. The maximum absolute atomic E-state index is 11.3. The third-order valence-electron chi connectivity index (χ3n) is 2.66. The molecule has 1 unspecified atom stereocenters. The zero-order valence-electron chi connectivity index (χ0n) is 9.78. The second kappa shape index (κ2) is 4.96. The fourth-order valence-corrected chi connectivity index (χ4v) is 1.48. The Hall–Kier alpha value is -1.31. The molecule has 15 heavy (non-hydrogen) atoms. The number of esters is 1. The number of ether oxygens (including phenoxy) is 1. The van der Waals surface area contributed by atoms with Gasteiger partial charge in [-0.3, -0.25) is 4.79 Å². The van der Waals surface area contributed by atoms with E-state index in [0.717, 1.165) is 5.56 Å². The lowest BCUT2D eigenvalue weighted by molar-refractivity contribution is -0.141. The lowest BCUT2D eigenvalue weighted by Crippen LogP contribution is -2.10. The molecule has 1 aromatic carbocycles. The van der Waals surface area contributed by atoms with E-state index < -0.39 is 0 Å². The van der Waals surface area contributed by atoms with Crippen LogP contribution in [-0.2, 0) is 9.53 Å². The van der Waals surface area contributed by atoms with Gasteiger partial charge in [0.2, 0.25) is 0 Å². The summed E-state index contributed by atoms with van der Waals surface area (Å²) in [7, 11) is 1.42. The molecule has 0 amide bonds. The second-order valence-electron chi connectivity index (χ2n) is 4.07. The summed E-state index contributed by atoms with van der Waals surface area (Å²) in [6.45, 7) is 6.16. The van der Waals surface area contributed by atoms with E-state index >= 15 is 0 Å². The third kappa shape index (κ3) is 2.82. The van der Waals surface area contributed by atoms with Crippen molar-refractivity contribution in [2.75, 3.05) is 7.11 Å². The number of carbonyl (C=O) groups excluding carboxylic acids is 1. The highest BCUT2D eigenvalue weighted by atomic mass is 16.5. The van der Waals surface area contributed by atoms with Gasteiger partial charge in [0, 0.05) is 0 Å². The van der Waals surface area contributed by atoms with E-state index in [0.29, 0.717) is 5.92 Å². The van der Waals surface area contributed by atoms with Gasteiger partial charge in [-0.1, -0.05) is 38.1 Å². The summed E-state index contributed by atoms with van der Waals surface area (Å²) in [5.74, 6) is 0.149. The smallest absolute Gasteiger partial charge is 0.312 e. The van der Waals surface area contributed by atoms with Crippen molar-refractivity contribution in [2.45, 2.75) is 32.6 Å². The summed E-state index contributed by atoms with van der Waals surface area (Å²) in [6.07, 6.45) is 0. The van der Waals surface area contributed by atoms with Gasteiger partial charge in [-0.15, -0.1) is 0 Å². The first kappa shape index (κ1) is 11.8. The molecule has 0 radical (unpaired) electrons. The number of methoxy groups -OCH3 is 1. The largest absolute Gasteiger partial charge is 0.469 e. The van der Waals surface area contributed by atoms with Crippen LogP contribution in [0, 0.1) is 0 Å². The first-order valence-corrected chi connectivity index (χ1v) is 5.24. The highest BCUT2D eigenvalue weighted by molar-refractivity contribution is 5.77. The van der Waals surface area contributed by atoms with Gasteiger partial charge in [0.1, 0.15) is 0 Å². The van der Waals surface area contributed by atoms with E-state index in [4.69, 9.17) is 4.74 Å². The average Bonchev–Trinajstić information content (AvgIpc) is 2.27. The van der Waals surface area contributed by atoms with Gasteiger partial charge in [0.15, 0.2) is 0 Å². The monoisotopic (exact) mass is 206 g/mol. The molecule has 1 rings (SSSR count). The van der Waals surface area contributed by atoms with Crippen LogP contribution in [0.5, 0.6) is 0 Å². The molecule has 0 aliphatic carbocycles. The molecule has 1 aromatic rings. The second-order valence-corrected chi connectivity index (χ2v) is 4.07. The molecular formula is C13H18O2. The third-order valence-corrected chi connectivity index (χ3v) is 2.66. The van der Waals surface area contributed by atoms with Gasteiger partial charge in [-0.05, 0) is 24.0 Å². The Balaban J connectivity index is 2.84. The van der Waals surface area contributed by atoms with Gasteiger partial charge >= 0.3 is 5.97 Å². The van der Waals surface area contributed by atoms with Crippen LogP contribution in [0.1, 0.15) is 43.7 Å². The van der Waals surface area contributed by atoms with Crippen molar-refractivity contribution in [1.29, 1.82) is 0 Å². The lowest BCUT2D eigenvalue weighted by atomic mass is 9.96. The van der Waals surface area contributed by atoms with Gasteiger partial charge in [-0.25, -0.2) is 0 Å². The van der Waals surface area contributed by atoms with Crippen LogP contribution in [0.2, 0.25) is 0 Å². The van der Waals surface area contributed by atoms with Crippen LogP contribution in [0.25, 0.3) is 0 Å². The fourth-order valence-electron chi connectivity index (χ4n) is 1.48. The van der Waals surface area contributed by atoms with E-state index in [1.165, 1.54) is 12.7 Å². The van der Waals surface area contributed by atoms with Gasteiger partial charge in [0.05, 0.1) is 13.0 Å². The minimum atomic E-state index is -0.188. The van der Waals surface area contributed by atoms with Crippen LogP contribution in [0.15, 0.2) is 24.3 Å². The predicted octanol–water partition coefficient (Wildman–Crippen LogP) is 3.09. The number of carbonyl (C=O) groups is 1. The van der Waals surface area contributed by atoms with E-state index in [1.54, 1.807) is 0 Å². The van der Waals surface area contributed by atoms with Crippen LogP contribution < -0.4 is 0 Å². The summed E-state index contributed by atoms with van der Waals surface area (Å²) >= 11 is 0. The molecule has 1 atom stereocenters. The molecule has 0 fully saturated rings. The van der Waals surface area contributed by atoms with E-state index in [9.17, 15) is 4.79 Å². The Labute approximate surface area is 91.3 Å². The van der Waals surface area contributed by atoms with Gasteiger partial charge in [0.25, 0.3) is 0 Å². The minimum absolute atomic E-state index is 0.184. The van der Waals surface area contributed by atoms with Crippen molar-refractivity contribution in [3.63, 3.8) is 0 Å². The van der Waals surface area contributed by atoms with Crippen molar-refractivity contribution in [3.05, 3.63) is 35.4 Å². The molecule has 0 heterocycles. The SMILES string of the molecule is COC(=O)C(C)c1ccc(C(C)C)cc1. The van der Waals surface area contributed by atoms with Crippen molar-refractivity contribution in [1.82, 2.24) is 0 Å². The zero-order chi connectivity index (χ0) is 11.4. The molecule has 82 valence electrons. The zero-order valence-corrected chi connectivity index (χ0v) is 9.78. The fraction of sp³-hybridized carbons (Fsp3) is 0.462. The first-order valence-electron chi connectivity index (χ1n) is 5.24. The first-order chi connectivity index (χ1) is 7.06. The minimum Gasteiger partial charge on any atom is -0.469 e. The Kier molecular flexibility index (Phi) is 3.89. The maximum Gasteiger partial charge on any atom is 0.312 e. The van der Waals surface area contributed by atoms with Crippen molar-refractivity contribution in [2.24, 2.45) is 0 Å². The molecule has 0 bridgehead atoms. The number of hydrogen-bond donors (Lipinski definition) is 0. The normalized spacial score (nSPS) is 12.6. The molecule has 0 aromatic heterocycles. The average molecular weight is 206 g/mol. The summed E-state index contributed by atoms with van der Waals surface area (Å²) in [4.78, 5) is 11.3. The summed E-state index contributed by atoms with van der Waals surface area (Å²) in [5.41, 5.74) is 2.29. The Morgan fingerprint density at radius 2 is 1.53 bits per heavy atom. The Morgan fingerprint density at radius 1 is 1.07 bits per heavy atom. The van der Waals surface area contributed by atoms with Crippen molar-refractivity contribution in [3.8, 4) is 0 Å².